The fraction of sp³-hybridized carbons (Fsp3) is 0.400. The minimum atomic E-state index is 0.325. The number of rotatable bonds is 2. The molecule has 1 atom stereocenters. The molecule has 0 amide bonds. The normalized spacial score (nSPS) is 22.0. The van der Waals surface area contributed by atoms with Crippen molar-refractivity contribution in [3.8, 4) is 0 Å². The Balaban J connectivity index is 1.62. The highest BCUT2D eigenvalue weighted by Crippen LogP contribution is 2.36. The average molecular weight is 404 g/mol. The van der Waals surface area contributed by atoms with Crippen molar-refractivity contribution in [3.05, 3.63) is 69.7 Å². The van der Waals surface area contributed by atoms with E-state index in [1.54, 1.807) is 0 Å². The van der Waals surface area contributed by atoms with Gasteiger partial charge in [0.2, 0.25) is 0 Å². The summed E-state index contributed by atoms with van der Waals surface area (Å²) in [5, 5.41) is 9.54. The second-order valence-corrected chi connectivity index (χ2v) is 8.93. The van der Waals surface area contributed by atoms with E-state index in [0.717, 1.165) is 40.6 Å². The van der Waals surface area contributed by atoms with Crippen LogP contribution in [-0.2, 0) is 6.42 Å². The molecular formula is C25H26ClN3. The van der Waals surface area contributed by atoms with Gasteiger partial charge >= 0.3 is 0 Å². The standard InChI is InChI=1S/C25H26ClN3/c1-16-22-13-10-18-6-7-20(17-4-2-3-5-17)14-23(18)25(27-15-24(22)29-28-16)19-8-11-21(26)12-9-19/h6-9,11-12,14,17,22H,2-5,10,13,15H2,1H3. The van der Waals surface area contributed by atoms with Gasteiger partial charge in [0.15, 0.2) is 0 Å². The number of fused-ring (bicyclic) bond motifs is 2. The average Bonchev–Trinajstić information content (AvgIpc) is 3.39. The van der Waals surface area contributed by atoms with Crippen molar-refractivity contribution >= 4 is 28.7 Å². The van der Waals surface area contributed by atoms with Gasteiger partial charge in [0.1, 0.15) is 0 Å². The Kier molecular flexibility index (Phi) is 5.09. The number of aryl methyl sites for hydroxylation is 1. The third-order valence-corrected chi connectivity index (χ3v) is 6.93. The summed E-state index contributed by atoms with van der Waals surface area (Å²) in [6, 6.07) is 15.2. The second kappa shape index (κ2) is 7.87. The van der Waals surface area contributed by atoms with Gasteiger partial charge in [0.05, 0.1) is 18.0 Å². The summed E-state index contributed by atoms with van der Waals surface area (Å²) in [7, 11) is 0. The van der Waals surface area contributed by atoms with E-state index in [2.05, 4.69) is 47.5 Å². The molecule has 5 rings (SSSR count). The second-order valence-electron chi connectivity index (χ2n) is 8.49. The van der Waals surface area contributed by atoms with Crippen molar-refractivity contribution in [2.24, 2.45) is 21.1 Å². The highest BCUT2D eigenvalue weighted by Gasteiger charge is 2.27. The minimum absolute atomic E-state index is 0.325. The Labute approximate surface area is 177 Å². The molecular weight excluding hydrogens is 378 g/mol. The number of hydrogen-bond acceptors (Lipinski definition) is 3. The van der Waals surface area contributed by atoms with Gasteiger partial charge in [-0.1, -0.05) is 48.7 Å². The number of aliphatic imine (C=N–C) groups is 1. The van der Waals surface area contributed by atoms with Crippen LogP contribution in [0.3, 0.4) is 0 Å². The molecule has 0 spiro atoms. The van der Waals surface area contributed by atoms with Crippen LogP contribution in [0.1, 0.15) is 67.2 Å². The lowest BCUT2D eigenvalue weighted by atomic mass is 9.87. The summed E-state index contributed by atoms with van der Waals surface area (Å²) in [4.78, 5) is 5.10. The zero-order valence-corrected chi connectivity index (χ0v) is 17.6. The molecule has 29 heavy (non-hydrogen) atoms. The van der Waals surface area contributed by atoms with Gasteiger partial charge < -0.3 is 0 Å². The van der Waals surface area contributed by atoms with E-state index in [0.29, 0.717) is 18.4 Å². The number of benzene rings is 2. The number of nitrogens with zero attached hydrogens (tertiary/aromatic N) is 3. The van der Waals surface area contributed by atoms with Gasteiger partial charge in [0, 0.05) is 27.8 Å². The Hall–Kier alpha value is -2.26. The van der Waals surface area contributed by atoms with Crippen LogP contribution in [0.5, 0.6) is 0 Å². The van der Waals surface area contributed by atoms with Crippen LogP contribution in [0, 0.1) is 5.92 Å². The van der Waals surface area contributed by atoms with Gasteiger partial charge in [-0.15, -0.1) is 0 Å². The molecule has 0 saturated heterocycles. The lowest BCUT2D eigenvalue weighted by molar-refractivity contribution is 0.721. The molecule has 148 valence electrons. The molecule has 1 fully saturated rings. The van der Waals surface area contributed by atoms with Crippen molar-refractivity contribution in [3.63, 3.8) is 0 Å². The molecule has 3 nitrogen and oxygen atoms in total. The van der Waals surface area contributed by atoms with Crippen molar-refractivity contribution in [2.45, 2.75) is 51.4 Å². The van der Waals surface area contributed by atoms with E-state index in [-0.39, 0.29) is 0 Å². The first kappa shape index (κ1) is 18.7. The lowest BCUT2D eigenvalue weighted by Crippen LogP contribution is -2.21. The first-order chi connectivity index (χ1) is 14.2. The SMILES string of the molecule is CC1=NN=C2CN=C(c3ccc(Cl)cc3)c3cc(C4CCCC4)ccc3CCC12. The summed E-state index contributed by atoms with van der Waals surface area (Å²) in [6.45, 7) is 2.70. The molecule has 2 aromatic carbocycles. The Morgan fingerprint density at radius 1 is 0.931 bits per heavy atom. The van der Waals surface area contributed by atoms with E-state index in [9.17, 15) is 0 Å². The number of hydrogen-bond donors (Lipinski definition) is 0. The van der Waals surface area contributed by atoms with E-state index >= 15 is 0 Å². The minimum Gasteiger partial charge on any atom is -0.278 e. The molecule has 2 aromatic rings. The predicted molar refractivity (Wildman–Crippen MR) is 122 cm³/mol. The number of halogens is 1. The molecule has 1 unspecified atom stereocenters. The first-order valence-corrected chi connectivity index (χ1v) is 11.1. The summed E-state index contributed by atoms with van der Waals surface area (Å²) in [5.41, 5.74) is 8.52. The molecule has 0 N–H and O–H groups in total. The van der Waals surface area contributed by atoms with Gasteiger partial charge in [-0.05, 0) is 67.9 Å². The molecule has 3 aliphatic rings. The van der Waals surface area contributed by atoms with Crippen molar-refractivity contribution in [2.75, 3.05) is 6.54 Å². The maximum atomic E-state index is 6.16. The molecule has 2 aliphatic heterocycles. The third kappa shape index (κ3) is 3.69. The van der Waals surface area contributed by atoms with E-state index in [1.165, 1.54) is 42.4 Å². The summed E-state index contributed by atoms with van der Waals surface area (Å²) >= 11 is 6.16. The molecule has 2 heterocycles. The quantitative estimate of drug-likeness (QED) is 0.570. The predicted octanol–water partition coefficient (Wildman–Crippen LogP) is 6.23. The Bertz CT molecular complexity index is 1010. The molecule has 0 bridgehead atoms. The highest BCUT2D eigenvalue weighted by atomic mass is 35.5. The van der Waals surface area contributed by atoms with Crippen molar-refractivity contribution in [1.29, 1.82) is 0 Å². The molecule has 4 heteroatoms. The fourth-order valence-electron chi connectivity index (χ4n) is 4.99. The first-order valence-electron chi connectivity index (χ1n) is 10.7. The summed E-state index contributed by atoms with van der Waals surface area (Å²) in [6.07, 6.45) is 7.37. The van der Waals surface area contributed by atoms with Gasteiger partial charge in [0.25, 0.3) is 0 Å². The molecule has 0 aromatic heterocycles. The van der Waals surface area contributed by atoms with Crippen molar-refractivity contribution in [1.82, 2.24) is 0 Å². The summed E-state index contributed by atoms with van der Waals surface area (Å²) < 4.78 is 0. The van der Waals surface area contributed by atoms with Crippen LogP contribution in [-0.4, -0.2) is 23.7 Å². The fourth-order valence-corrected chi connectivity index (χ4v) is 5.11. The third-order valence-electron chi connectivity index (χ3n) is 6.68. The van der Waals surface area contributed by atoms with Crippen molar-refractivity contribution < 1.29 is 0 Å². The molecule has 1 aliphatic carbocycles. The summed E-state index contributed by atoms with van der Waals surface area (Å²) in [5.74, 6) is 1.02. The van der Waals surface area contributed by atoms with E-state index in [4.69, 9.17) is 16.6 Å². The maximum Gasteiger partial charge on any atom is 0.0805 e. The van der Waals surface area contributed by atoms with Crippen LogP contribution < -0.4 is 0 Å². The molecule has 0 radical (unpaired) electrons. The molecule has 1 saturated carbocycles. The van der Waals surface area contributed by atoms with E-state index in [1.807, 2.05) is 12.1 Å². The maximum absolute atomic E-state index is 6.16. The van der Waals surface area contributed by atoms with Crippen LogP contribution in [0.25, 0.3) is 0 Å². The smallest absolute Gasteiger partial charge is 0.0805 e. The highest BCUT2D eigenvalue weighted by molar-refractivity contribution is 6.30. The topological polar surface area (TPSA) is 37.1 Å². The Morgan fingerprint density at radius 2 is 1.72 bits per heavy atom. The zero-order chi connectivity index (χ0) is 19.8. The van der Waals surface area contributed by atoms with Gasteiger partial charge in [-0.2, -0.15) is 10.2 Å². The van der Waals surface area contributed by atoms with Crippen LogP contribution >= 0.6 is 11.6 Å². The van der Waals surface area contributed by atoms with Crippen LogP contribution in [0.2, 0.25) is 5.02 Å². The van der Waals surface area contributed by atoms with E-state index < -0.39 is 0 Å². The largest absolute Gasteiger partial charge is 0.278 e. The van der Waals surface area contributed by atoms with Crippen LogP contribution in [0.15, 0.2) is 57.7 Å². The zero-order valence-electron chi connectivity index (χ0n) is 16.9. The van der Waals surface area contributed by atoms with Gasteiger partial charge in [-0.3, -0.25) is 4.99 Å². The Morgan fingerprint density at radius 3 is 2.52 bits per heavy atom. The van der Waals surface area contributed by atoms with Crippen LogP contribution in [0.4, 0.5) is 0 Å². The van der Waals surface area contributed by atoms with Gasteiger partial charge in [-0.25, -0.2) is 0 Å². The monoisotopic (exact) mass is 403 g/mol. The lowest BCUT2D eigenvalue weighted by Gasteiger charge is -2.17.